The first-order valence-corrected chi connectivity index (χ1v) is 4.70. The van der Waals surface area contributed by atoms with Crippen LogP contribution < -0.4 is 11.1 Å². The molecule has 0 radical (unpaired) electrons. The van der Waals surface area contributed by atoms with Gasteiger partial charge in [-0.3, -0.25) is 4.79 Å². The molecule has 94 valence electrons. The maximum atomic E-state index is 13.0. The van der Waals surface area contributed by atoms with Crippen LogP contribution in [0.1, 0.15) is 16.8 Å². The van der Waals surface area contributed by atoms with Crippen LogP contribution in [0.5, 0.6) is 0 Å². The third-order valence-electron chi connectivity index (χ3n) is 1.99. The van der Waals surface area contributed by atoms with E-state index in [1.165, 1.54) is 12.1 Å². The quantitative estimate of drug-likeness (QED) is 0.637. The highest BCUT2D eigenvalue weighted by molar-refractivity contribution is 5.99. The molecule has 0 fully saturated rings. The molecule has 0 aliphatic heterocycles. The summed E-state index contributed by atoms with van der Waals surface area (Å²) in [6.07, 6.45) is -5.49. The zero-order valence-corrected chi connectivity index (χ0v) is 8.64. The Morgan fingerprint density at radius 2 is 2.00 bits per heavy atom. The molecule has 1 aromatic rings. The van der Waals surface area contributed by atoms with E-state index in [1.807, 2.05) is 5.32 Å². The summed E-state index contributed by atoms with van der Waals surface area (Å²) < 4.78 is 48.4. The van der Waals surface area contributed by atoms with E-state index >= 15 is 0 Å². The van der Waals surface area contributed by atoms with Gasteiger partial charge in [-0.25, -0.2) is 4.39 Å². The van der Waals surface area contributed by atoms with E-state index in [0.717, 1.165) is 6.07 Å². The molecule has 1 rings (SSSR count). The Morgan fingerprint density at radius 1 is 1.35 bits per heavy atom. The number of hydrogen-bond acceptors (Lipinski definition) is 2. The standard InChI is InChI=1S/C10H10F4N2O/c11-7-3-1-2-6(8(7)15)9(17)16-5-4-10(12,13)14/h1-3H,4-5,15H2,(H,16,17). The largest absolute Gasteiger partial charge is 0.396 e. The molecule has 0 spiro atoms. The van der Waals surface area contributed by atoms with Gasteiger partial charge in [0, 0.05) is 6.54 Å². The molecule has 0 aromatic heterocycles. The highest BCUT2D eigenvalue weighted by atomic mass is 19.4. The van der Waals surface area contributed by atoms with Crippen molar-refractivity contribution in [2.45, 2.75) is 12.6 Å². The summed E-state index contributed by atoms with van der Waals surface area (Å²) in [5.74, 6) is -1.61. The SMILES string of the molecule is Nc1c(F)cccc1C(=O)NCCC(F)(F)F. The first-order chi connectivity index (χ1) is 7.81. The van der Waals surface area contributed by atoms with Crippen molar-refractivity contribution >= 4 is 11.6 Å². The van der Waals surface area contributed by atoms with Gasteiger partial charge in [-0.05, 0) is 12.1 Å². The van der Waals surface area contributed by atoms with E-state index in [1.54, 1.807) is 0 Å². The lowest BCUT2D eigenvalue weighted by atomic mass is 10.1. The van der Waals surface area contributed by atoms with Crippen molar-refractivity contribution in [3.05, 3.63) is 29.6 Å². The number of rotatable bonds is 3. The van der Waals surface area contributed by atoms with Crippen LogP contribution in [0.2, 0.25) is 0 Å². The van der Waals surface area contributed by atoms with Gasteiger partial charge in [0.15, 0.2) is 0 Å². The van der Waals surface area contributed by atoms with Crippen molar-refractivity contribution in [3.63, 3.8) is 0 Å². The second kappa shape index (κ2) is 5.03. The number of nitrogen functional groups attached to an aromatic ring is 1. The Balaban J connectivity index is 2.62. The maximum Gasteiger partial charge on any atom is 0.390 e. The van der Waals surface area contributed by atoms with Gasteiger partial charge in [-0.2, -0.15) is 13.2 Å². The summed E-state index contributed by atoms with van der Waals surface area (Å²) in [6, 6.07) is 3.55. The van der Waals surface area contributed by atoms with Crippen LogP contribution in [0.15, 0.2) is 18.2 Å². The van der Waals surface area contributed by atoms with E-state index in [2.05, 4.69) is 0 Å². The highest BCUT2D eigenvalue weighted by Crippen LogP contribution is 2.19. The van der Waals surface area contributed by atoms with E-state index in [-0.39, 0.29) is 11.3 Å². The molecule has 1 amide bonds. The van der Waals surface area contributed by atoms with E-state index in [0.29, 0.717) is 0 Å². The summed E-state index contributed by atoms with van der Waals surface area (Å²) in [4.78, 5) is 11.4. The minimum atomic E-state index is -4.35. The van der Waals surface area contributed by atoms with Crippen LogP contribution in [0.4, 0.5) is 23.2 Å². The monoisotopic (exact) mass is 250 g/mol. The molecule has 3 nitrogen and oxygen atoms in total. The molecule has 7 heteroatoms. The predicted octanol–water partition coefficient (Wildman–Crippen LogP) is 2.09. The number of para-hydroxylation sites is 1. The average molecular weight is 250 g/mol. The smallest absolute Gasteiger partial charge is 0.390 e. The highest BCUT2D eigenvalue weighted by Gasteiger charge is 2.26. The normalized spacial score (nSPS) is 11.3. The summed E-state index contributed by atoms with van der Waals surface area (Å²) in [6.45, 7) is -0.571. The van der Waals surface area contributed by atoms with Crippen LogP contribution in [0.3, 0.4) is 0 Å². The second-order valence-corrected chi connectivity index (χ2v) is 3.32. The van der Waals surface area contributed by atoms with E-state index < -0.39 is 30.9 Å². The first kappa shape index (κ1) is 13.3. The molecular weight excluding hydrogens is 240 g/mol. The molecule has 0 saturated carbocycles. The Morgan fingerprint density at radius 3 is 2.59 bits per heavy atom. The van der Waals surface area contributed by atoms with Crippen molar-refractivity contribution in [1.29, 1.82) is 0 Å². The van der Waals surface area contributed by atoms with Gasteiger partial charge < -0.3 is 11.1 Å². The number of benzene rings is 1. The number of nitrogens with two attached hydrogens (primary N) is 1. The number of amides is 1. The number of carbonyl (C=O) groups excluding carboxylic acids is 1. The average Bonchev–Trinajstić information content (AvgIpc) is 2.20. The minimum Gasteiger partial charge on any atom is -0.396 e. The molecule has 17 heavy (non-hydrogen) atoms. The zero-order chi connectivity index (χ0) is 13.1. The number of anilines is 1. The van der Waals surface area contributed by atoms with E-state index in [4.69, 9.17) is 5.73 Å². The lowest BCUT2D eigenvalue weighted by Crippen LogP contribution is -2.28. The molecular formula is C10H10F4N2O. The third-order valence-corrected chi connectivity index (χ3v) is 1.99. The molecule has 0 aliphatic carbocycles. The summed E-state index contributed by atoms with van der Waals surface area (Å²) >= 11 is 0. The molecule has 3 N–H and O–H groups in total. The molecule has 0 atom stereocenters. The van der Waals surface area contributed by atoms with Crippen molar-refractivity contribution in [3.8, 4) is 0 Å². The fourth-order valence-electron chi connectivity index (χ4n) is 1.15. The van der Waals surface area contributed by atoms with E-state index in [9.17, 15) is 22.4 Å². The third kappa shape index (κ3) is 3.93. The topological polar surface area (TPSA) is 55.1 Å². The van der Waals surface area contributed by atoms with Crippen LogP contribution in [0, 0.1) is 5.82 Å². The minimum absolute atomic E-state index is 0.174. The molecule has 0 aliphatic rings. The van der Waals surface area contributed by atoms with Gasteiger partial charge in [0.1, 0.15) is 5.82 Å². The Hall–Kier alpha value is -1.79. The zero-order valence-electron chi connectivity index (χ0n) is 8.64. The lowest BCUT2D eigenvalue weighted by Gasteiger charge is -2.09. The lowest BCUT2D eigenvalue weighted by molar-refractivity contribution is -0.132. The maximum absolute atomic E-state index is 13.0. The fourth-order valence-corrected chi connectivity index (χ4v) is 1.15. The Bertz CT molecular complexity index is 417. The van der Waals surface area contributed by atoms with Crippen LogP contribution in [-0.4, -0.2) is 18.6 Å². The van der Waals surface area contributed by atoms with Gasteiger partial charge >= 0.3 is 6.18 Å². The fraction of sp³-hybridized carbons (Fsp3) is 0.300. The first-order valence-electron chi connectivity index (χ1n) is 4.70. The predicted molar refractivity (Wildman–Crippen MR) is 53.8 cm³/mol. The molecule has 1 aromatic carbocycles. The summed E-state index contributed by atoms with van der Waals surface area (Å²) in [5.41, 5.74) is 4.73. The second-order valence-electron chi connectivity index (χ2n) is 3.32. The number of carbonyl (C=O) groups is 1. The number of nitrogens with one attached hydrogen (secondary N) is 1. The van der Waals surface area contributed by atoms with Gasteiger partial charge in [0.2, 0.25) is 0 Å². The van der Waals surface area contributed by atoms with Crippen LogP contribution in [-0.2, 0) is 0 Å². The number of alkyl halides is 3. The molecule has 0 bridgehead atoms. The number of hydrogen-bond donors (Lipinski definition) is 2. The van der Waals surface area contributed by atoms with Gasteiger partial charge in [-0.15, -0.1) is 0 Å². The molecule has 0 unspecified atom stereocenters. The summed E-state index contributed by atoms with van der Waals surface area (Å²) in [5, 5.41) is 2.02. The van der Waals surface area contributed by atoms with Gasteiger partial charge in [0.25, 0.3) is 5.91 Å². The van der Waals surface area contributed by atoms with Crippen molar-refractivity contribution in [1.82, 2.24) is 5.32 Å². The number of halogens is 4. The van der Waals surface area contributed by atoms with Gasteiger partial charge in [-0.1, -0.05) is 6.07 Å². The van der Waals surface area contributed by atoms with Crippen molar-refractivity contribution in [2.24, 2.45) is 0 Å². The van der Waals surface area contributed by atoms with Crippen molar-refractivity contribution < 1.29 is 22.4 Å². The molecule has 0 heterocycles. The van der Waals surface area contributed by atoms with Gasteiger partial charge in [0.05, 0.1) is 17.7 Å². The van der Waals surface area contributed by atoms with Crippen LogP contribution in [0.25, 0.3) is 0 Å². The molecule has 0 saturated heterocycles. The van der Waals surface area contributed by atoms with Crippen LogP contribution >= 0.6 is 0 Å². The van der Waals surface area contributed by atoms with Crippen molar-refractivity contribution in [2.75, 3.05) is 12.3 Å². The Labute approximate surface area is 94.6 Å². The Kier molecular flexibility index (Phi) is 3.93. The summed E-state index contributed by atoms with van der Waals surface area (Å²) in [7, 11) is 0.